The van der Waals surface area contributed by atoms with Crippen molar-refractivity contribution in [3.8, 4) is 39.2 Å². The van der Waals surface area contributed by atoms with Crippen molar-refractivity contribution in [2.75, 3.05) is 35.0 Å². The Balaban J connectivity index is 1.77. The fraction of sp³-hybridized carbons (Fsp3) is 0.172. The molecule has 0 fully saturated rings. The first-order valence-corrected chi connectivity index (χ1v) is 12.3. The number of fused-ring (bicyclic) bond motifs is 1. The summed E-state index contributed by atoms with van der Waals surface area (Å²) in [5.74, 6) is 0.418. The van der Waals surface area contributed by atoms with Crippen LogP contribution in [0.1, 0.15) is 15.9 Å². The standard InChI is InChI=1S/C29H26O8S/c1-33-23-15-22(37-16-28(31)32)17(11-20(23)27-14-18-7-5-6-8-26(18)38-27)9-10-21(30)19-12-24(34-2)29(36-4)25(13-19)35-3/h5-15H,16H2,1-4H3,(H,31,32). The summed E-state index contributed by atoms with van der Waals surface area (Å²) >= 11 is 1.60. The fourth-order valence-corrected chi connectivity index (χ4v) is 5.02. The summed E-state index contributed by atoms with van der Waals surface area (Å²) in [7, 11) is 5.97. The first kappa shape index (κ1) is 26.6. The second-order valence-corrected chi connectivity index (χ2v) is 9.12. The largest absolute Gasteiger partial charge is 0.496 e. The highest BCUT2D eigenvalue weighted by atomic mass is 32.1. The number of thiophene rings is 1. The van der Waals surface area contributed by atoms with Crippen LogP contribution < -0.4 is 23.7 Å². The summed E-state index contributed by atoms with van der Waals surface area (Å²) in [6.45, 7) is -0.549. The number of aliphatic carboxylic acids is 1. The average molecular weight is 535 g/mol. The smallest absolute Gasteiger partial charge is 0.341 e. The van der Waals surface area contributed by atoms with Crippen LogP contribution in [0.15, 0.2) is 60.7 Å². The highest BCUT2D eigenvalue weighted by Gasteiger charge is 2.18. The van der Waals surface area contributed by atoms with E-state index in [4.69, 9.17) is 28.8 Å². The number of methoxy groups -OCH3 is 4. The van der Waals surface area contributed by atoms with Gasteiger partial charge in [0.1, 0.15) is 11.5 Å². The molecule has 0 bridgehead atoms. The molecule has 0 radical (unpaired) electrons. The number of carbonyl (C=O) groups is 2. The van der Waals surface area contributed by atoms with Gasteiger partial charge in [-0.15, -0.1) is 11.3 Å². The van der Waals surface area contributed by atoms with Gasteiger partial charge >= 0.3 is 5.97 Å². The van der Waals surface area contributed by atoms with Gasteiger partial charge < -0.3 is 28.8 Å². The zero-order valence-corrected chi connectivity index (χ0v) is 22.1. The molecule has 8 nitrogen and oxygen atoms in total. The summed E-state index contributed by atoms with van der Waals surface area (Å²) in [6, 6.07) is 16.7. The van der Waals surface area contributed by atoms with Gasteiger partial charge in [-0.1, -0.05) is 18.2 Å². The minimum atomic E-state index is -1.12. The Morgan fingerprint density at radius 3 is 2.13 bits per heavy atom. The topological polar surface area (TPSA) is 101 Å². The van der Waals surface area contributed by atoms with Crippen LogP contribution in [0.25, 0.3) is 26.6 Å². The Morgan fingerprint density at radius 1 is 0.842 bits per heavy atom. The van der Waals surface area contributed by atoms with E-state index in [2.05, 4.69) is 6.07 Å². The minimum absolute atomic E-state index is 0.267. The second kappa shape index (κ2) is 11.7. The van der Waals surface area contributed by atoms with Gasteiger partial charge in [-0.05, 0) is 47.9 Å². The van der Waals surface area contributed by atoms with Gasteiger partial charge in [-0.3, -0.25) is 4.79 Å². The van der Waals surface area contributed by atoms with E-state index in [-0.39, 0.29) is 11.5 Å². The maximum Gasteiger partial charge on any atom is 0.341 e. The van der Waals surface area contributed by atoms with Crippen molar-refractivity contribution in [1.82, 2.24) is 0 Å². The van der Waals surface area contributed by atoms with E-state index in [1.54, 1.807) is 35.6 Å². The molecule has 0 saturated carbocycles. The molecule has 0 aliphatic carbocycles. The normalized spacial score (nSPS) is 10.9. The summed E-state index contributed by atoms with van der Waals surface area (Å²) in [5, 5.41) is 10.2. The SMILES string of the molecule is COc1cc(OCC(=O)O)c(C=CC(=O)c2cc(OC)c(OC)c(OC)c2)cc1-c1cc2ccccc2s1. The Bertz CT molecular complexity index is 1460. The zero-order valence-electron chi connectivity index (χ0n) is 21.3. The fourth-order valence-electron chi connectivity index (χ4n) is 3.93. The van der Waals surface area contributed by atoms with Crippen LogP contribution in [0.2, 0.25) is 0 Å². The van der Waals surface area contributed by atoms with E-state index in [9.17, 15) is 9.59 Å². The molecular formula is C29H26O8S. The molecule has 1 aromatic heterocycles. The summed E-state index contributed by atoms with van der Waals surface area (Å²) in [5.41, 5.74) is 1.62. The van der Waals surface area contributed by atoms with E-state index < -0.39 is 12.6 Å². The van der Waals surface area contributed by atoms with E-state index in [1.807, 2.05) is 30.3 Å². The van der Waals surface area contributed by atoms with Crippen LogP contribution in [-0.4, -0.2) is 51.9 Å². The molecule has 1 N–H and O–H groups in total. The number of allylic oxidation sites excluding steroid dienone is 1. The van der Waals surface area contributed by atoms with Crippen LogP contribution >= 0.6 is 11.3 Å². The number of hydrogen-bond donors (Lipinski definition) is 1. The summed E-state index contributed by atoms with van der Waals surface area (Å²) < 4.78 is 28.3. The number of carboxylic acid groups (broad SMARTS) is 1. The Labute approximate surface area is 223 Å². The van der Waals surface area contributed by atoms with Gasteiger partial charge in [0.2, 0.25) is 5.75 Å². The molecule has 9 heteroatoms. The zero-order chi connectivity index (χ0) is 27.2. The number of carboxylic acids is 1. The lowest BCUT2D eigenvalue weighted by molar-refractivity contribution is -0.139. The molecule has 0 aliphatic heterocycles. The number of carbonyl (C=O) groups excluding carboxylic acids is 1. The Kier molecular flexibility index (Phi) is 8.18. The average Bonchev–Trinajstić information content (AvgIpc) is 3.37. The van der Waals surface area contributed by atoms with Gasteiger partial charge in [-0.25, -0.2) is 4.79 Å². The molecule has 3 aromatic carbocycles. The van der Waals surface area contributed by atoms with Crippen LogP contribution in [-0.2, 0) is 4.79 Å². The third-order valence-electron chi connectivity index (χ3n) is 5.74. The maximum atomic E-state index is 13.1. The molecule has 0 spiro atoms. The minimum Gasteiger partial charge on any atom is -0.496 e. The molecule has 38 heavy (non-hydrogen) atoms. The van der Waals surface area contributed by atoms with Crippen LogP contribution in [0.4, 0.5) is 0 Å². The number of hydrogen-bond acceptors (Lipinski definition) is 8. The number of benzene rings is 3. The van der Waals surface area contributed by atoms with Crippen LogP contribution in [0.3, 0.4) is 0 Å². The molecule has 0 atom stereocenters. The third kappa shape index (κ3) is 5.57. The predicted octanol–water partition coefficient (Wildman–Crippen LogP) is 5.96. The molecule has 4 aromatic rings. The molecule has 196 valence electrons. The van der Waals surface area contributed by atoms with Crippen molar-refractivity contribution in [1.29, 1.82) is 0 Å². The van der Waals surface area contributed by atoms with E-state index >= 15 is 0 Å². The van der Waals surface area contributed by atoms with E-state index in [0.29, 0.717) is 34.1 Å². The second-order valence-electron chi connectivity index (χ2n) is 8.03. The van der Waals surface area contributed by atoms with Gasteiger partial charge in [0.25, 0.3) is 0 Å². The van der Waals surface area contributed by atoms with Crippen molar-refractivity contribution < 1.29 is 38.4 Å². The predicted molar refractivity (Wildman–Crippen MR) is 146 cm³/mol. The van der Waals surface area contributed by atoms with Crippen LogP contribution in [0, 0.1) is 0 Å². The van der Waals surface area contributed by atoms with Gasteiger partial charge in [-0.2, -0.15) is 0 Å². The van der Waals surface area contributed by atoms with E-state index in [1.165, 1.54) is 34.5 Å². The quantitative estimate of drug-likeness (QED) is 0.186. The molecule has 0 unspecified atom stereocenters. The summed E-state index contributed by atoms with van der Waals surface area (Å²) in [6.07, 6.45) is 2.96. The number of rotatable bonds is 11. The molecule has 4 rings (SSSR count). The Hall–Kier alpha value is -4.50. The molecule has 0 aliphatic rings. The van der Waals surface area contributed by atoms with Crippen LogP contribution in [0.5, 0.6) is 28.7 Å². The van der Waals surface area contributed by atoms with Crippen molar-refractivity contribution in [2.24, 2.45) is 0 Å². The lowest BCUT2D eigenvalue weighted by Crippen LogP contribution is -2.10. The van der Waals surface area contributed by atoms with E-state index in [0.717, 1.165) is 20.5 Å². The van der Waals surface area contributed by atoms with Gasteiger partial charge in [0.15, 0.2) is 23.9 Å². The van der Waals surface area contributed by atoms with Crippen molar-refractivity contribution in [3.63, 3.8) is 0 Å². The maximum absolute atomic E-state index is 13.1. The highest BCUT2D eigenvalue weighted by molar-refractivity contribution is 7.22. The molecular weight excluding hydrogens is 508 g/mol. The van der Waals surface area contributed by atoms with Crippen molar-refractivity contribution >= 4 is 39.3 Å². The number of ketones is 1. The van der Waals surface area contributed by atoms with Crippen molar-refractivity contribution in [3.05, 3.63) is 71.8 Å². The number of ether oxygens (including phenoxy) is 5. The molecule has 0 amide bonds. The lowest BCUT2D eigenvalue weighted by Gasteiger charge is -2.14. The molecule has 1 heterocycles. The monoisotopic (exact) mass is 534 g/mol. The lowest BCUT2D eigenvalue weighted by atomic mass is 10.0. The summed E-state index contributed by atoms with van der Waals surface area (Å²) in [4.78, 5) is 25.3. The Morgan fingerprint density at radius 2 is 1.53 bits per heavy atom. The highest BCUT2D eigenvalue weighted by Crippen LogP contribution is 2.42. The van der Waals surface area contributed by atoms with Gasteiger partial charge in [0.05, 0.1) is 28.4 Å². The van der Waals surface area contributed by atoms with Gasteiger partial charge in [0, 0.05) is 32.3 Å². The first-order chi connectivity index (χ1) is 18.4. The third-order valence-corrected chi connectivity index (χ3v) is 6.89. The molecule has 0 saturated heterocycles. The first-order valence-electron chi connectivity index (χ1n) is 11.5. The van der Waals surface area contributed by atoms with Crippen molar-refractivity contribution in [2.45, 2.75) is 0 Å².